The third-order valence-corrected chi connectivity index (χ3v) is 5.64. The van der Waals surface area contributed by atoms with E-state index in [-0.39, 0.29) is 0 Å². The summed E-state index contributed by atoms with van der Waals surface area (Å²) in [6.07, 6.45) is -0.906. The molecular weight excluding hydrogens is 435 g/mol. The van der Waals surface area contributed by atoms with E-state index in [2.05, 4.69) is 20.7 Å². The molecule has 33 heavy (non-hydrogen) atoms. The molecule has 1 aliphatic carbocycles. The summed E-state index contributed by atoms with van der Waals surface area (Å²) >= 11 is 0. The van der Waals surface area contributed by atoms with Crippen LogP contribution in [0.2, 0.25) is 0 Å². The molecule has 1 saturated carbocycles. The van der Waals surface area contributed by atoms with Gasteiger partial charge < -0.3 is 15.6 Å². The minimum Gasteiger partial charge on any atom is -0.373 e. The molecule has 0 spiro atoms. The highest BCUT2D eigenvalue weighted by Gasteiger charge is 2.49. The van der Waals surface area contributed by atoms with Crippen molar-refractivity contribution >= 4 is 33.8 Å². The second kappa shape index (κ2) is 7.51. The lowest BCUT2D eigenvalue weighted by molar-refractivity contribution is -0.144. The number of halogens is 3. The number of fused-ring (bicyclic) bond motifs is 1. The molecule has 1 aliphatic rings. The molecule has 2 aromatic carbocycles. The summed E-state index contributed by atoms with van der Waals surface area (Å²) in [5, 5.41) is 11.2. The summed E-state index contributed by atoms with van der Waals surface area (Å²) in [4.78, 5) is 27.6. The van der Waals surface area contributed by atoms with Gasteiger partial charge in [0.15, 0.2) is 0 Å². The Labute approximate surface area is 185 Å². The molecule has 3 N–H and O–H groups in total. The van der Waals surface area contributed by atoms with Crippen molar-refractivity contribution < 1.29 is 22.8 Å². The van der Waals surface area contributed by atoms with Crippen LogP contribution in [0.25, 0.3) is 16.6 Å². The maximum atomic E-state index is 12.8. The van der Waals surface area contributed by atoms with Gasteiger partial charge in [-0.2, -0.15) is 18.3 Å². The van der Waals surface area contributed by atoms with Gasteiger partial charge in [0.25, 0.3) is 0 Å². The molecule has 4 aromatic rings. The van der Waals surface area contributed by atoms with Crippen LogP contribution in [-0.2, 0) is 15.8 Å². The number of rotatable bonds is 5. The summed E-state index contributed by atoms with van der Waals surface area (Å²) in [6.45, 7) is 1.89. The van der Waals surface area contributed by atoms with Gasteiger partial charge in [0.05, 0.1) is 22.6 Å². The molecule has 0 bridgehead atoms. The summed E-state index contributed by atoms with van der Waals surface area (Å²) in [7, 11) is 0. The molecule has 0 amide bonds. The molecular formula is C23H18F3N5O2. The number of benzene rings is 2. The van der Waals surface area contributed by atoms with Gasteiger partial charge in [-0.1, -0.05) is 0 Å². The number of nitrogens with zero attached hydrogens (tertiary/aromatic N) is 2. The minimum atomic E-state index is -4.45. The van der Waals surface area contributed by atoms with Crippen LogP contribution in [0.15, 0.2) is 60.9 Å². The van der Waals surface area contributed by atoms with Gasteiger partial charge in [0.1, 0.15) is 12.1 Å². The first-order valence-corrected chi connectivity index (χ1v) is 10.1. The molecule has 2 atom stereocenters. The average molecular weight is 453 g/mol. The Morgan fingerprint density at radius 1 is 0.970 bits per heavy atom. The van der Waals surface area contributed by atoms with Crippen molar-refractivity contribution in [3.8, 4) is 5.69 Å². The number of Topliss-reactive ketones (excluding diaryl/α,β-unsaturated/α-hetero) is 2. The van der Waals surface area contributed by atoms with Gasteiger partial charge in [-0.25, -0.2) is 4.68 Å². The Kier molecular flexibility index (Phi) is 4.73. The normalized spacial score (nSPS) is 18.4. The maximum absolute atomic E-state index is 12.8. The predicted molar refractivity (Wildman–Crippen MR) is 116 cm³/mol. The summed E-state index contributed by atoms with van der Waals surface area (Å²) in [5.74, 6) is -1.22. The molecule has 2 unspecified atom stereocenters. The molecule has 2 heterocycles. The van der Waals surface area contributed by atoms with Crippen LogP contribution in [-0.4, -0.2) is 38.4 Å². The number of ketones is 2. The second-order valence-corrected chi connectivity index (χ2v) is 7.88. The fourth-order valence-electron chi connectivity index (χ4n) is 3.84. The monoisotopic (exact) mass is 453 g/mol. The number of aryl methyl sites for hydroxylation is 1. The van der Waals surface area contributed by atoms with E-state index in [1.54, 1.807) is 10.9 Å². The smallest absolute Gasteiger partial charge is 0.373 e. The van der Waals surface area contributed by atoms with Gasteiger partial charge >= 0.3 is 6.18 Å². The topological polar surface area (TPSA) is 91.8 Å². The van der Waals surface area contributed by atoms with E-state index >= 15 is 0 Å². The Balaban J connectivity index is 1.37. The highest BCUT2D eigenvalue weighted by atomic mass is 19.4. The van der Waals surface area contributed by atoms with Crippen LogP contribution in [0.4, 0.5) is 24.5 Å². The number of hydrogen-bond acceptors (Lipinski definition) is 5. The second-order valence-electron chi connectivity index (χ2n) is 7.88. The standard InChI is InChI=1S/C23H18F3N5O2/c1-12-8-9-31(30-12)15-6-7-17-16(10-15)18(11-27-17)29-20-19(21(32)22(20)33)28-14-4-2-13(3-5-14)23(24,25)26/h2-11,19-20,27-29H,1H3. The van der Waals surface area contributed by atoms with Crippen LogP contribution >= 0.6 is 0 Å². The lowest BCUT2D eigenvalue weighted by Gasteiger charge is -2.35. The van der Waals surface area contributed by atoms with Crippen LogP contribution in [0, 0.1) is 6.92 Å². The van der Waals surface area contributed by atoms with Crippen LogP contribution in [0.3, 0.4) is 0 Å². The van der Waals surface area contributed by atoms with E-state index in [1.807, 2.05) is 37.4 Å². The first-order chi connectivity index (χ1) is 15.7. The fourth-order valence-corrected chi connectivity index (χ4v) is 3.84. The molecule has 5 rings (SSSR count). The zero-order valence-corrected chi connectivity index (χ0v) is 17.3. The zero-order valence-electron chi connectivity index (χ0n) is 17.3. The number of alkyl halides is 3. The molecule has 0 saturated heterocycles. The average Bonchev–Trinajstić information content (AvgIpc) is 3.41. The van der Waals surface area contributed by atoms with Crippen LogP contribution in [0.1, 0.15) is 11.3 Å². The third-order valence-electron chi connectivity index (χ3n) is 5.64. The van der Waals surface area contributed by atoms with E-state index in [0.29, 0.717) is 11.4 Å². The van der Waals surface area contributed by atoms with Crippen LogP contribution < -0.4 is 10.6 Å². The molecule has 2 aromatic heterocycles. The number of hydrogen-bond donors (Lipinski definition) is 3. The maximum Gasteiger partial charge on any atom is 0.416 e. The quantitative estimate of drug-likeness (QED) is 0.396. The summed E-state index contributed by atoms with van der Waals surface area (Å²) < 4.78 is 40.1. The number of aromatic amines is 1. The van der Waals surface area contributed by atoms with Crippen molar-refractivity contribution in [1.29, 1.82) is 0 Å². The summed E-state index contributed by atoms with van der Waals surface area (Å²) in [6, 6.07) is 10.2. The number of anilines is 2. The Morgan fingerprint density at radius 2 is 1.67 bits per heavy atom. The highest BCUT2D eigenvalue weighted by molar-refractivity contribution is 6.50. The lowest BCUT2D eigenvalue weighted by Crippen LogP contribution is -2.64. The Bertz CT molecular complexity index is 1370. The van der Waals surface area contributed by atoms with Gasteiger partial charge in [0, 0.05) is 29.0 Å². The third kappa shape index (κ3) is 3.73. The van der Waals surface area contributed by atoms with E-state index in [4.69, 9.17) is 0 Å². The Hall–Kier alpha value is -4.08. The number of aromatic nitrogens is 3. The molecule has 168 valence electrons. The zero-order chi connectivity index (χ0) is 23.3. The van der Waals surface area contributed by atoms with E-state index in [9.17, 15) is 22.8 Å². The number of H-pyrrole nitrogens is 1. The molecule has 1 fully saturated rings. The number of nitrogens with one attached hydrogen (secondary N) is 3. The first-order valence-electron chi connectivity index (χ1n) is 10.1. The van der Waals surface area contributed by atoms with Crippen molar-refractivity contribution in [2.45, 2.75) is 25.2 Å². The Morgan fingerprint density at radius 3 is 2.30 bits per heavy atom. The number of carbonyl (C=O) groups excluding carboxylic acids is 2. The van der Waals surface area contributed by atoms with E-state index in [0.717, 1.165) is 34.4 Å². The van der Waals surface area contributed by atoms with Gasteiger partial charge in [-0.15, -0.1) is 0 Å². The minimum absolute atomic E-state index is 0.316. The molecule has 0 radical (unpaired) electrons. The molecule has 0 aliphatic heterocycles. The van der Waals surface area contributed by atoms with Gasteiger partial charge in [-0.05, 0) is 55.5 Å². The first kappa shape index (κ1) is 20.8. The van der Waals surface area contributed by atoms with Crippen molar-refractivity contribution in [2.75, 3.05) is 10.6 Å². The fraction of sp³-hybridized carbons (Fsp3) is 0.174. The van der Waals surface area contributed by atoms with Gasteiger partial charge in [-0.3, -0.25) is 9.59 Å². The lowest BCUT2D eigenvalue weighted by atomic mass is 9.82. The van der Waals surface area contributed by atoms with Crippen molar-refractivity contribution in [3.63, 3.8) is 0 Å². The molecule has 7 nitrogen and oxygen atoms in total. The van der Waals surface area contributed by atoms with Crippen molar-refractivity contribution in [2.24, 2.45) is 0 Å². The van der Waals surface area contributed by atoms with Crippen molar-refractivity contribution in [1.82, 2.24) is 14.8 Å². The summed E-state index contributed by atoms with van der Waals surface area (Å²) in [5.41, 5.74) is 2.68. The SMILES string of the molecule is Cc1ccn(-c2ccc3[nH]cc(NC4C(=O)C(=O)C4Nc4ccc(C(F)(F)F)cc4)c3c2)n1. The number of carbonyl (C=O) groups is 2. The van der Waals surface area contributed by atoms with Gasteiger partial charge in [0.2, 0.25) is 11.6 Å². The highest BCUT2D eigenvalue weighted by Crippen LogP contribution is 2.32. The van der Waals surface area contributed by atoms with E-state index in [1.165, 1.54) is 12.1 Å². The van der Waals surface area contributed by atoms with Crippen molar-refractivity contribution in [3.05, 3.63) is 72.2 Å². The van der Waals surface area contributed by atoms with E-state index < -0.39 is 35.4 Å². The molecule has 10 heteroatoms. The largest absolute Gasteiger partial charge is 0.416 e. The predicted octanol–water partition coefficient (Wildman–Crippen LogP) is 4.09. The van der Waals surface area contributed by atoms with Crippen LogP contribution in [0.5, 0.6) is 0 Å².